The highest BCUT2D eigenvalue weighted by molar-refractivity contribution is 5.92. The number of carbonyl (C=O) groups is 2. The van der Waals surface area contributed by atoms with Crippen LogP contribution in [-0.2, 0) is 4.79 Å². The number of amides is 1. The average molecular weight is 584 g/mol. The molecule has 0 saturated heterocycles. The lowest BCUT2D eigenvalue weighted by atomic mass is 10.2. The van der Waals surface area contributed by atoms with Crippen LogP contribution in [0.25, 0.3) is 11.4 Å². The van der Waals surface area contributed by atoms with Crippen molar-refractivity contribution in [3.05, 3.63) is 72.6 Å². The van der Waals surface area contributed by atoms with E-state index >= 15 is 0 Å². The normalized spacial score (nSPS) is 11.1. The third-order valence-corrected chi connectivity index (χ3v) is 4.63. The summed E-state index contributed by atoms with van der Waals surface area (Å²) in [5, 5.41) is 19.4. The number of carboxylic acid groups (broad SMARTS) is 1. The van der Waals surface area contributed by atoms with Crippen LogP contribution in [0.2, 0.25) is 0 Å². The molecule has 0 radical (unpaired) electrons. The fourth-order valence-corrected chi connectivity index (χ4v) is 2.86. The minimum atomic E-state index is -5.08. The number of halogens is 6. The lowest BCUT2D eigenvalue weighted by Gasteiger charge is -2.09. The smallest absolute Gasteiger partial charge is 0.475 e. The van der Waals surface area contributed by atoms with Gasteiger partial charge in [0, 0.05) is 30.6 Å². The van der Waals surface area contributed by atoms with E-state index in [2.05, 4.69) is 35.5 Å². The second-order valence-electron chi connectivity index (χ2n) is 7.59. The number of benzene rings is 2. The summed E-state index contributed by atoms with van der Waals surface area (Å²) in [6, 6.07) is 15.3. The SMILES string of the molecule is CNC(=O)c1cc(Oc2ccc(-c3nc(Nc4ccc(OC(F)(F)F)cc4)n[nH]3)cc2)ccn1.O=C(O)C(F)(F)F. The first-order chi connectivity index (χ1) is 19.2. The molecule has 0 aliphatic carbocycles. The maximum atomic E-state index is 12.3. The van der Waals surface area contributed by atoms with Gasteiger partial charge in [-0.05, 0) is 54.6 Å². The zero-order valence-corrected chi connectivity index (χ0v) is 20.5. The number of anilines is 2. The van der Waals surface area contributed by atoms with Gasteiger partial charge in [-0.25, -0.2) is 4.79 Å². The Labute approximate surface area is 226 Å². The van der Waals surface area contributed by atoms with Gasteiger partial charge in [-0.1, -0.05) is 0 Å². The molecule has 17 heteroatoms. The highest BCUT2D eigenvalue weighted by Crippen LogP contribution is 2.27. The van der Waals surface area contributed by atoms with Crippen LogP contribution < -0.4 is 20.1 Å². The summed E-state index contributed by atoms with van der Waals surface area (Å²) in [6.07, 6.45) is -8.35. The molecule has 0 saturated carbocycles. The Bertz CT molecular complexity index is 1470. The average Bonchev–Trinajstić information content (AvgIpc) is 3.37. The summed E-state index contributed by atoms with van der Waals surface area (Å²) in [7, 11) is 1.52. The van der Waals surface area contributed by atoms with Gasteiger partial charge < -0.3 is 25.2 Å². The molecular formula is C24H18F6N6O5. The van der Waals surface area contributed by atoms with E-state index in [0.717, 1.165) is 5.56 Å². The number of H-pyrrole nitrogens is 1. The number of nitrogens with one attached hydrogen (secondary N) is 3. The molecule has 0 fully saturated rings. The quantitative estimate of drug-likeness (QED) is 0.212. The number of aliphatic carboxylic acids is 1. The van der Waals surface area contributed by atoms with E-state index in [1.165, 1.54) is 43.6 Å². The van der Waals surface area contributed by atoms with Crippen molar-refractivity contribution in [2.24, 2.45) is 0 Å². The predicted molar refractivity (Wildman–Crippen MR) is 130 cm³/mol. The Kier molecular flexibility index (Phi) is 9.33. The second-order valence-corrected chi connectivity index (χ2v) is 7.59. The van der Waals surface area contributed by atoms with E-state index in [9.17, 15) is 31.1 Å². The Morgan fingerprint density at radius 3 is 2.07 bits per heavy atom. The molecule has 216 valence electrons. The number of alkyl halides is 6. The van der Waals surface area contributed by atoms with Crippen molar-refractivity contribution in [1.82, 2.24) is 25.5 Å². The Morgan fingerprint density at radius 1 is 0.902 bits per heavy atom. The number of aromatic amines is 1. The highest BCUT2D eigenvalue weighted by atomic mass is 19.4. The molecule has 4 rings (SSSR count). The summed E-state index contributed by atoms with van der Waals surface area (Å²) >= 11 is 0. The van der Waals surface area contributed by atoms with Crippen molar-refractivity contribution >= 4 is 23.5 Å². The summed E-state index contributed by atoms with van der Waals surface area (Å²) in [5.74, 6) is -1.70. The van der Waals surface area contributed by atoms with Gasteiger partial charge in [0.15, 0.2) is 5.82 Å². The van der Waals surface area contributed by atoms with Gasteiger partial charge in [-0.3, -0.25) is 14.9 Å². The van der Waals surface area contributed by atoms with Crippen LogP contribution in [0.15, 0.2) is 66.9 Å². The molecule has 4 aromatic rings. The van der Waals surface area contributed by atoms with Crippen LogP contribution in [0.1, 0.15) is 10.5 Å². The Hall–Kier alpha value is -5.35. The number of hydrogen-bond acceptors (Lipinski definition) is 8. The van der Waals surface area contributed by atoms with Crippen LogP contribution >= 0.6 is 0 Å². The second kappa shape index (κ2) is 12.7. The summed E-state index contributed by atoms with van der Waals surface area (Å²) < 4.78 is 78.1. The summed E-state index contributed by atoms with van der Waals surface area (Å²) in [4.78, 5) is 28.9. The molecule has 2 aromatic carbocycles. The van der Waals surface area contributed by atoms with Crippen LogP contribution in [-0.4, -0.2) is 56.7 Å². The van der Waals surface area contributed by atoms with Gasteiger partial charge in [0.1, 0.15) is 22.9 Å². The van der Waals surface area contributed by atoms with Crippen LogP contribution in [0.5, 0.6) is 17.2 Å². The van der Waals surface area contributed by atoms with Crippen molar-refractivity contribution in [3.63, 3.8) is 0 Å². The van der Waals surface area contributed by atoms with E-state index in [1.807, 2.05) is 0 Å². The molecule has 0 atom stereocenters. The minimum absolute atomic E-state index is 0.235. The highest BCUT2D eigenvalue weighted by Gasteiger charge is 2.38. The molecule has 2 aromatic heterocycles. The first-order valence-corrected chi connectivity index (χ1v) is 11.1. The summed E-state index contributed by atoms with van der Waals surface area (Å²) in [5.41, 5.74) is 1.45. The van der Waals surface area contributed by atoms with Crippen LogP contribution in [0.4, 0.5) is 38.0 Å². The van der Waals surface area contributed by atoms with Crippen molar-refractivity contribution in [1.29, 1.82) is 0 Å². The predicted octanol–water partition coefficient (Wildman–Crippen LogP) is 5.29. The van der Waals surface area contributed by atoms with Gasteiger partial charge in [0.2, 0.25) is 5.95 Å². The molecule has 41 heavy (non-hydrogen) atoms. The molecule has 11 nitrogen and oxygen atoms in total. The van der Waals surface area contributed by atoms with E-state index in [4.69, 9.17) is 14.6 Å². The van der Waals surface area contributed by atoms with Gasteiger partial charge >= 0.3 is 18.5 Å². The number of rotatable bonds is 7. The van der Waals surface area contributed by atoms with Gasteiger partial charge in [-0.15, -0.1) is 18.3 Å². The number of nitrogens with zero attached hydrogens (tertiary/aromatic N) is 3. The topological polar surface area (TPSA) is 151 Å². The standard InChI is InChI=1S/C22H17F3N6O3.C2HF3O2/c1-26-20(32)18-12-17(10-11-27-18)33-15-6-2-13(3-7-15)19-29-21(31-30-19)28-14-4-8-16(9-5-14)34-22(23,24)25;3-2(4,5)1(6)7/h2-12H,1H3,(H,26,32)(H2,28,29,30,31);(H,6,7). The molecule has 0 bridgehead atoms. The minimum Gasteiger partial charge on any atom is -0.475 e. The number of carboxylic acids is 1. The van der Waals surface area contributed by atoms with Crippen molar-refractivity contribution in [3.8, 4) is 28.6 Å². The Morgan fingerprint density at radius 2 is 1.51 bits per heavy atom. The molecule has 0 unspecified atom stereocenters. The van der Waals surface area contributed by atoms with E-state index in [1.54, 1.807) is 30.3 Å². The summed E-state index contributed by atoms with van der Waals surface area (Å²) in [6.45, 7) is 0. The number of aromatic nitrogens is 4. The fraction of sp³-hybridized carbons (Fsp3) is 0.125. The molecule has 1 amide bonds. The molecule has 2 heterocycles. The number of ether oxygens (including phenoxy) is 2. The van der Waals surface area contributed by atoms with Crippen molar-refractivity contribution in [2.75, 3.05) is 12.4 Å². The number of carbonyl (C=O) groups excluding carboxylic acids is 1. The third kappa shape index (κ3) is 9.41. The van der Waals surface area contributed by atoms with E-state index in [0.29, 0.717) is 23.0 Å². The molecule has 0 aliphatic heterocycles. The van der Waals surface area contributed by atoms with Crippen LogP contribution in [0, 0.1) is 0 Å². The van der Waals surface area contributed by atoms with Crippen LogP contribution in [0.3, 0.4) is 0 Å². The zero-order valence-electron chi connectivity index (χ0n) is 20.5. The monoisotopic (exact) mass is 584 g/mol. The number of pyridine rings is 1. The Balaban J connectivity index is 0.000000587. The van der Waals surface area contributed by atoms with E-state index in [-0.39, 0.29) is 23.3 Å². The van der Waals surface area contributed by atoms with Gasteiger partial charge in [0.25, 0.3) is 5.91 Å². The van der Waals surface area contributed by atoms with E-state index < -0.39 is 18.5 Å². The van der Waals surface area contributed by atoms with Gasteiger partial charge in [0.05, 0.1) is 0 Å². The third-order valence-electron chi connectivity index (χ3n) is 4.63. The molecule has 4 N–H and O–H groups in total. The molecular weight excluding hydrogens is 566 g/mol. The lowest BCUT2D eigenvalue weighted by Crippen LogP contribution is -2.21. The first-order valence-electron chi connectivity index (χ1n) is 11.1. The molecule has 0 spiro atoms. The maximum absolute atomic E-state index is 12.3. The maximum Gasteiger partial charge on any atom is 0.573 e. The first kappa shape index (κ1) is 30.2. The van der Waals surface area contributed by atoms with Crippen molar-refractivity contribution < 1.29 is 50.5 Å². The molecule has 0 aliphatic rings. The largest absolute Gasteiger partial charge is 0.573 e. The van der Waals surface area contributed by atoms with Crippen molar-refractivity contribution in [2.45, 2.75) is 12.5 Å². The zero-order chi connectivity index (χ0) is 30.2. The lowest BCUT2D eigenvalue weighted by molar-refractivity contribution is -0.274. The van der Waals surface area contributed by atoms with Gasteiger partial charge in [-0.2, -0.15) is 18.2 Å². The number of hydrogen-bond donors (Lipinski definition) is 4. The fourth-order valence-electron chi connectivity index (χ4n) is 2.86.